The summed E-state index contributed by atoms with van der Waals surface area (Å²) >= 11 is 12.6. The van der Waals surface area contributed by atoms with E-state index >= 15 is 0 Å². The number of anilines is 1. The van der Waals surface area contributed by atoms with E-state index in [1.165, 1.54) is 19.1 Å². The van der Waals surface area contributed by atoms with Crippen molar-refractivity contribution in [2.45, 2.75) is 18.6 Å². The molecular weight excluding hydrogens is 465 g/mol. The van der Waals surface area contributed by atoms with Crippen molar-refractivity contribution in [2.24, 2.45) is 0 Å². The molecule has 1 amide bonds. The van der Waals surface area contributed by atoms with Crippen molar-refractivity contribution >= 4 is 40.6 Å². The fraction of sp³-hybridized carbons (Fsp3) is 0.200. The molecule has 0 fully saturated rings. The second-order valence-electron chi connectivity index (χ2n) is 7.64. The summed E-state index contributed by atoms with van der Waals surface area (Å²) in [6.07, 6.45) is -0.460. The molecule has 170 valence electrons. The third-order valence-electron chi connectivity index (χ3n) is 5.74. The molecule has 0 saturated heterocycles. The Bertz CT molecular complexity index is 1220. The van der Waals surface area contributed by atoms with Crippen LogP contribution in [0, 0.1) is 0 Å². The predicted molar refractivity (Wildman–Crippen MR) is 126 cm³/mol. The molecule has 0 bridgehead atoms. The van der Waals surface area contributed by atoms with Crippen LogP contribution in [0.3, 0.4) is 0 Å². The molecule has 3 aromatic carbocycles. The molecule has 1 aliphatic rings. The number of halogens is 2. The standard InChI is InChI=1S/C25H21Cl2NO5/c1-32-15-10-11-16(23(12-15)33-2)22(29)13-25(31)18-6-3-4-9-21(18)28(24(25)30)14-17-19(26)7-5-8-20(17)27/h3-12,31H,13-14H2,1-2H3. The highest BCUT2D eigenvalue weighted by atomic mass is 35.5. The van der Waals surface area contributed by atoms with Gasteiger partial charge in [0.1, 0.15) is 11.5 Å². The minimum Gasteiger partial charge on any atom is -0.497 e. The number of hydrogen-bond donors (Lipinski definition) is 1. The fourth-order valence-corrected chi connectivity index (χ4v) is 4.55. The van der Waals surface area contributed by atoms with Gasteiger partial charge in [0.25, 0.3) is 5.91 Å². The van der Waals surface area contributed by atoms with Crippen LogP contribution >= 0.6 is 23.2 Å². The van der Waals surface area contributed by atoms with E-state index in [0.29, 0.717) is 38.4 Å². The number of carbonyl (C=O) groups is 2. The van der Waals surface area contributed by atoms with Crippen molar-refractivity contribution < 1.29 is 24.2 Å². The van der Waals surface area contributed by atoms with Crippen LogP contribution in [0.1, 0.15) is 27.9 Å². The van der Waals surface area contributed by atoms with Gasteiger partial charge < -0.3 is 19.5 Å². The Labute approximate surface area is 201 Å². The quantitative estimate of drug-likeness (QED) is 0.475. The summed E-state index contributed by atoms with van der Waals surface area (Å²) in [4.78, 5) is 28.1. The number of aliphatic hydroxyl groups is 1. The number of Topliss-reactive ketones (excluding diaryl/α,β-unsaturated/α-hetero) is 1. The monoisotopic (exact) mass is 485 g/mol. The van der Waals surface area contributed by atoms with Crippen LogP contribution in [0.4, 0.5) is 5.69 Å². The van der Waals surface area contributed by atoms with Gasteiger partial charge in [0.15, 0.2) is 11.4 Å². The second-order valence-corrected chi connectivity index (χ2v) is 8.45. The minimum absolute atomic E-state index is 0.0523. The summed E-state index contributed by atoms with van der Waals surface area (Å²) < 4.78 is 10.5. The highest BCUT2D eigenvalue weighted by Crippen LogP contribution is 2.44. The number of methoxy groups -OCH3 is 2. The van der Waals surface area contributed by atoms with Crippen molar-refractivity contribution in [1.82, 2.24) is 0 Å². The van der Waals surface area contributed by atoms with Crippen LogP contribution in [0.5, 0.6) is 11.5 Å². The molecule has 0 aromatic heterocycles. The zero-order valence-electron chi connectivity index (χ0n) is 18.0. The molecule has 1 unspecified atom stereocenters. The Balaban J connectivity index is 1.71. The molecule has 1 aliphatic heterocycles. The number of ketones is 1. The number of benzene rings is 3. The summed E-state index contributed by atoms with van der Waals surface area (Å²) in [5.74, 6) is -0.258. The van der Waals surface area contributed by atoms with Crippen LogP contribution in [-0.2, 0) is 16.9 Å². The number of hydrogen-bond acceptors (Lipinski definition) is 5. The first-order valence-electron chi connectivity index (χ1n) is 10.1. The summed E-state index contributed by atoms with van der Waals surface area (Å²) in [6.45, 7) is 0.0523. The fourth-order valence-electron chi connectivity index (χ4n) is 4.03. The second kappa shape index (κ2) is 9.06. The van der Waals surface area contributed by atoms with E-state index in [9.17, 15) is 14.7 Å². The highest BCUT2D eigenvalue weighted by Gasteiger charge is 2.51. The topological polar surface area (TPSA) is 76.1 Å². The summed E-state index contributed by atoms with van der Waals surface area (Å²) in [7, 11) is 2.94. The SMILES string of the molecule is COc1ccc(C(=O)CC2(O)C(=O)N(Cc3c(Cl)cccc3Cl)c3ccccc32)c(OC)c1. The number of amides is 1. The normalized spacial score (nSPS) is 17.1. The van der Waals surface area contributed by atoms with E-state index in [2.05, 4.69) is 0 Å². The first-order chi connectivity index (χ1) is 15.8. The first-order valence-corrected chi connectivity index (χ1v) is 10.9. The number of fused-ring (bicyclic) bond motifs is 1. The Morgan fingerprint density at radius 2 is 1.70 bits per heavy atom. The third-order valence-corrected chi connectivity index (χ3v) is 6.45. The molecule has 1 N–H and O–H groups in total. The maximum Gasteiger partial charge on any atom is 0.264 e. The Hall–Kier alpha value is -3.06. The maximum absolute atomic E-state index is 13.5. The molecular formula is C25H21Cl2NO5. The lowest BCUT2D eigenvalue weighted by molar-refractivity contribution is -0.136. The van der Waals surface area contributed by atoms with Crippen molar-refractivity contribution in [3.05, 3.63) is 87.4 Å². The van der Waals surface area contributed by atoms with Gasteiger partial charge in [-0.25, -0.2) is 0 Å². The number of carbonyl (C=O) groups excluding carboxylic acids is 2. The largest absolute Gasteiger partial charge is 0.497 e. The predicted octanol–water partition coefficient (Wildman–Crippen LogP) is 5.02. The van der Waals surface area contributed by atoms with E-state index in [-0.39, 0.29) is 12.1 Å². The van der Waals surface area contributed by atoms with E-state index in [0.717, 1.165) is 0 Å². The molecule has 0 spiro atoms. The van der Waals surface area contributed by atoms with Crippen molar-refractivity contribution in [2.75, 3.05) is 19.1 Å². The molecule has 0 radical (unpaired) electrons. The molecule has 0 aliphatic carbocycles. The van der Waals surface area contributed by atoms with Gasteiger partial charge in [0, 0.05) is 27.2 Å². The Morgan fingerprint density at radius 3 is 2.36 bits per heavy atom. The van der Waals surface area contributed by atoms with Crippen molar-refractivity contribution in [1.29, 1.82) is 0 Å². The average molecular weight is 486 g/mol. The molecule has 3 aromatic rings. The summed E-state index contributed by atoms with van der Waals surface area (Å²) in [6, 6.07) is 16.6. The van der Waals surface area contributed by atoms with Gasteiger partial charge in [-0.05, 0) is 30.3 Å². The molecule has 6 nitrogen and oxygen atoms in total. The third kappa shape index (κ3) is 4.06. The number of rotatable bonds is 7. The highest BCUT2D eigenvalue weighted by molar-refractivity contribution is 6.36. The number of para-hydroxylation sites is 1. The Morgan fingerprint density at radius 1 is 1.00 bits per heavy atom. The van der Waals surface area contributed by atoms with Gasteiger partial charge >= 0.3 is 0 Å². The molecule has 8 heteroatoms. The van der Waals surface area contributed by atoms with Gasteiger partial charge in [-0.15, -0.1) is 0 Å². The summed E-state index contributed by atoms with van der Waals surface area (Å²) in [5, 5.41) is 12.4. The molecule has 33 heavy (non-hydrogen) atoms. The zero-order chi connectivity index (χ0) is 23.8. The van der Waals surface area contributed by atoms with Gasteiger partial charge in [-0.2, -0.15) is 0 Å². The first kappa shape index (κ1) is 23.1. The average Bonchev–Trinajstić information content (AvgIpc) is 3.02. The lowest BCUT2D eigenvalue weighted by Gasteiger charge is -2.23. The van der Waals surface area contributed by atoms with E-state index in [1.54, 1.807) is 60.7 Å². The lowest BCUT2D eigenvalue weighted by Crippen LogP contribution is -2.41. The van der Waals surface area contributed by atoms with Gasteiger partial charge in [-0.1, -0.05) is 47.5 Å². The van der Waals surface area contributed by atoms with Gasteiger partial charge in [-0.3, -0.25) is 9.59 Å². The van der Waals surface area contributed by atoms with Gasteiger partial charge in [0.2, 0.25) is 0 Å². The van der Waals surface area contributed by atoms with Crippen molar-refractivity contribution in [3.63, 3.8) is 0 Å². The molecule has 1 atom stereocenters. The van der Waals surface area contributed by atoms with Crippen LogP contribution < -0.4 is 14.4 Å². The number of ether oxygens (including phenoxy) is 2. The van der Waals surface area contributed by atoms with E-state index in [1.807, 2.05) is 0 Å². The molecule has 1 heterocycles. The van der Waals surface area contributed by atoms with Crippen LogP contribution in [0.25, 0.3) is 0 Å². The lowest BCUT2D eigenvalue weighted by atomic mass is 9.88. The van der Waals surface area contributed by atoms with Crippen LogP contribution in [-0.4, -0.2) is 31.0 Å². The van der Waals surface area contributed by atoms with Crippen molar-refractivity contribution in [3.8, 4) is 11.5 Å². The maximum atomic E-state index is 13.5. The Kier molecular flexibility index (Phi) is 6.34. The zero-order valence-corrected chi connectivity index (χ0v) is 19.5. The van der Waals surface area contributed by atoms with Gasteiger partial charge in [0.05, 0.1) is 38.4 Å². The molecule has 0 saturated carbocycles. The van der Waals surface area contributed by atoms with Crippen LogP contribution in [0.15, 0.2) is 60.7 Å². The number of nitrogens with zero attached hydrogens (tertiary/aromatic N) is 1. The molecule has 4 rings (SSSR count). The minimum atomic E-state index is -2.05. The summed E-state index contributed by atoms with van der Waals surface area (Å²) in [5.41, 5.74) is -0.415. The van der Waals surface area contributed by atoms with E-state index in [4.69, 9.17) is 32.7 Å². The smallest absolute Gasteiger partial charge is 0.264 e. The van der Waals surface area contributed by atoms with E-state index < -0.39 is 23.7 Å². The van der Waals surface area contributed by atoms with Crippen LogP contribution in [0.2, 0.25) is 10.0 Å².